The third kappa shape index (κ3) is 5.92. The number of thioether (sulfide) groups is 1. The summed E-state index contributed by atoms with van der Waals surface area (Å²) in [6.07, 6.45) is 1.24. The minimum Gasteiger partial charge on any atom is -0.272 e. The maximum Gasteiger partial charge on any atom is 0.278 e. The Labute approximate surface area is 210 Å². The van der Waals surface area contributed by atoms with Crippen LogP contribution in [0.2, 0.25) is 5.02 Å². The number of rotatable bonds is 8. The van der Waals surface area contributed by atoms with Crippen molar-refractivity contribution in [2.75, 3.05) is 5.75 Å². The molecule has 0 fully saturated rings. The molecule has 1 amide bonds. The Morgan fingerprint density at radius 3 is 2.54 bits per heavy atom. The summed E-state index contributed by atoms with van der Waals surface area (Å²) in [7, 11) is 0. The molecular weight excluding hydrogens is 488 g/mol. The standard InChI is InChI=1S/C24H19ClN6O3S/c1-16-6-8-17(9-7-16)23-28-29-24(30(23)20-12-10-19(25)11-13-20)35-15-22(32)27-26-14-18-4-2-3-5-21(18)31(33)34/h2-14H,15H2,1H3,(H,27,32)/b26-14+. The van der Waals surface area contributed by atoms with Crippen molar-refractivity contribution in [2.24, 2.45) is 5.10 Å². The Morgan fingerprint density at radius 1 is 1.11 bits per heavy atom. The molecule has 0 atom stereocenters. The number of carbonyl (C=O) groups excluding carboxylic acids is 1. The molecule has 4 rings (SSSR count). The summed E-state index contributed by atoms with van der Waals surface area (Å²) in [5.41, 5.74) is 5.38. The summed E-state index contributed by atoms with van der Waals surface area (Å²) >= 11 is 7.25. The Morgan fingerprint density at radius 2 is 1.83 bits per heavy atom. The fourth-order valence-corrected chi connectivity index (χ4v) is 4.05. The highest BCUT2D eigenvalue weighted by atomic mass is 35.5. The first kappa shape index (κ1) is 24.1. The summed E-state index contributed by atoms with van der Waals surface area (Å²) < 4.78 is 1.86. The van der Waals surface area contributed by atoms with Gasteiger partial charge in [-0.3, -0.25) is 19.5 Å². The SMILES string of the molecule is Cc1ccc(-c2nnc(SCC(=O)N/N=C/c3ccccc3[N+](=O)[O-])n2-c2ccc(Cl)cc2)cc1. The number of benzene rings is 3. The maximum atomic E-state index is 12.4. The zero-order valence-corrected chi connectivity index (χ0v) is 20.0. The molecule has 0 saturated heterocycles. The molecule has 0 unspecified atom stereocenters. The molecule has 0 bridgehead atoms. The van der Waals surface area contributed by atoms with Gasteiger partial charge in [0.15, 0.2) is 11.0 Å². The van der Waals surface area contributed by atoms with Crippen molar-refractivity contribution in [3.05, 3.63) is 99.1 Å². The van der Waals surface area contributed by atoms with Crippen molar-refractivity contribution < 1.29 is 9.72 Å². The Hall–Kier alpha value is -4.02. The normalized spacial score (nSPS) is 11.0. The molecule has 1 N–H and O–H groups in total. The molecule has 0 aliphatic rings. The molecule has 0 spiro atoms. The van der Waals surface area contributed by atoms with Gasteiger partial charge in [-0.2, -0.15) is 5.10 Å². The lowest BCUT2D eigenvalue weighted by molar-refractivity contribution is -0.385. The van der Waals surface area contributed by atoms with Crippen LogP contribution in [-0.2, 0) is 4.79 Å². The zero-order valence-electron chi connectivity index (χ0n) is 18.5. The number of hydrogen-bond acceptors (Lipinski definition) is 7. The Balaban J connectivity index is 1.51. The van der Waals surface area contributed by atoms with Gasteiger partial charge in [0.25, 0.3) is 11.6 Å². The monoisotopic (exact) mass is 506 g/mol. The molecule has 0 aliphatic heterocycles. The number of halogens is 1. The third-order valence-electron chi connectivity index (χ3n) is 4.89. The second-order valence-electron chi connectivity index (χ2n) is 7.38. The van der Waals surface area contributed by atoms with E-state index in [1.54, 1.807) is 30.3 Å². The Bertz CT molecular complexity index is 1390. The quantitative estimate of drug-likeness (QED) is 0.155. The largest absolute Gasteiger partial charge is 0.278 e. The van der Waals surface area contributed by atoms with Crippen molar-refractivity contribution in [3.63, 3.8) is 0 Å². The zero-order chi connectivity index (χ0) is 24.8. The van der Waals surface area contributed by atoms with Crippen molar-refractivity contribution in [3.8, 4) is 17.1 Å². The summed E-state index contributed by atoms with van der Waals surface area (Å²) in [6, 6.07) is 21.3. The van der Waals surface area contributed by atoms with E-state index < -0.39 is 10.8 Å². The van der Waals surface area contributed by atoms with Crippen LogP contribution in [0.15, 0.2) is 83.1 Å². The van der Waals surface area contributed by atoms with E-state index in [0.717, 1.165) is 16.8 Å². The van der Waals surface area contributed by atoms with E-state index in [4.69, 9.17) is 11.6 Å². The number of hydrogen-bond donors (Lipinski definition) is 1. The second kappa shape index (κ2) is 10.9. The number of amides is 1. The van der Waals surface area contributed by atoms with Crippen molar-refractivity contribution in [1.82, 2.24) is 20.2 Å². The number of para-hydroxylation sites is 1. The highest BCUT2D eigenvalue weighted by molar-refractivity contribution is 7.99. The summed E-state index contributed by atoms with van der Waals surface area (Å²) in [5.74, 6) is 0.241. The lowest BCUT2D eigenvalue weighted by Crippen LogP contribution is -2.20. The highest BCUT2D eigenvalue weighted by Gasteiger charge is 2.17. The van der Waals surface area contributed by atoms with Crippen LogP contribution in [0, 0.1) is 17.0 Å². The summed E-state index contributed by atoms with van der Waals surface area (Å²) in [6.45, 7) is 2.01. The number of nitrogens with one attached hydrogen (secondary N) is 1. The molecule has 0 aliphatic carbocycles. The fourth-order valence-electron chi connectivity index (χ4n) is 3.18. The van der Waals surface area contributed by atoms with Gasteiger partial charge in [0.05, 0.1) is 22.5 Å². The van der Waals surface area contributed by atoms with Crippen LogP contribution in [0.4, 0.5) is 5.69 Å². The molecule has 3 aromatic carbocycles. The number of aromatic nitrogens is 3. The summed E-state index contributed by atoms with van der Waals surface area (Å²) in [4.78, 5) is 23.0. The van der Waals surface area contributed by atoms with Crippen molar-refractivity contribution in [1.29, 1.82) is 0 Å². The van der Waals surface area contributed by atoms with Gasteiger partial charge in [0.1, 0.15) is 0 Å². The van der Waals surface area contributed by atoms with E-state index in [-0.39, 0.29) is 17.0 Å². The topological polar surface area (TPSA) is 115 Å². The smallest absolute Gasteiger partial charge is 0.272 e. The van der Waals surface area contributed by atoms with Gasteiger partial charge in [0, 0.05) is 22.3 Å². The first-order valence-electron chi connectivity index (χ1n) is 10.4. The van der Waals surface area contributed by atoms with Crippen LogP contribution >= 0.6 is 23.4 Å². The lowest BCUT2D eigenvalue weighted by atomic mass is 10.1. The number of nitro groups is 1. The first-order valence-corrected chi connectivity index (χ1v) is 11.8. The van der Waals surface area contributed by atoms with Gasteiger partial charge in [-0.25, -0.2) is 5.43 Å². The second-order valence-corrected chi connectivity index (χ2v) is 8.76. The number of aryl methyl sites for hydroxylation is 1. The van der Waals surface area contributed by atoms with Gasteiger partial charge in [0.2, 0.25) is 0 Å². The van der Waals surface area contributed by atoms with Crippen LogP contribution in [0.1, 0.15) is 11.1 Å². The molecule has 1 aromatic heterocycles. The molecule has 35 heavy (non-hydrogen) atoms. The number of nitro benzene ring substituents is 1. The fraction of sp³-hybridized carbons (Fsp3) is 0.0833. The first-order chi connectivity index (χ1) is 16.9. The minimum atomic E-state index is -0.506. The van der Waals surface area contributed by atoms with Gasteiger partial charge in [-0.05, 0) is 37.3 Å². The van der Waals surface area contributed by atoms with Crippen LogP contribution in [-0.4, -0.2) is 37.6 Å². The minimum absolute atomic E-state index is 0.00778. The number of nitrogens with zero attached hydrogens (tertiary/aromatic N) is 5. The average Bonchev–Trinajstić information content (AvgIpc) is 3.28. The Kier molecular flexibility index (Phi) is 7.54. The molecule has 176 valence electrons. The van der Waals surface area contributed by atoms with E-state index in [1.165, 1.54) is 24.0 Å². The maximum absolute atomic E-state index is 12.4. The average molecular weight is 507 g/mol. The summed E-state index contributed by atoms with van der Waals surface area (Å²) in [5, 5.41) is 24.7. The van der Waals surface area contributed by atoms with Crippen LogP contribution in [0.3, 0.4) is 0 Å². The third-order valence-corrected chi connectivity index (χ3v) is 6.07. The molecule has 11 heteroatoms. The molecule has 0 saturated carbocycles. The van der Waals surface area contributed by atoms with Crippen molar-refractivity contribution in [2.45, 2.75) is 12.1 Å². The van der Waals surface area contributed by atoms with Crippen LogP contribution < -0.4 is 5.43 Å². The molecule has 9 nitrogen and oxygen atoms in total. The van der Waals surface area contributed by atoms with Gasteiger partial charge in [-0.15, -0.1) is 10.2 Å². The highest BCUT2D eigenvalue weighted by Crippen LogP contribution is 2.28. The van der Waals surface area contributed by atoms with E-state index in [0.29, 0.717) is 16.0 Å². The van der Waals surface area contributed by atoms with E-state index >= 15 is 0 Å². The predicted octanol–water partition coefficient (Wildman–Crippen LogP) is 5.05. The predicted molar refractivity (Wildman–Crippen MR) is 136 cm³/mol. The lowest BCUT2D eigenvalue weighted by Gasteiger charge is -2.10. The van der Waals surface area contributed by atoms with Gasteiger partial charge < -0.3 is 0 Å². The molecule has 1 heterocycles. The van der Waals surface area contributed by atoms with Crippen LogP contribution in [0.5, 0.6) is 0 Å². The van der Waals surface area contributed by atoms with E-state index in [2.05, 4.69) is 20.7 Å². The van der Waals surface area contributed by atoms with Gasteiger partial charge >= 0.3 is 0 Å². The molecule has 0 radical (unpaired) electrons. The molecule has 4 aromatic rings. The van der Waals surface area contributed by atoms with Crippen molar-refractivity contribution >= 4 is 41.2 Å². The van der Waals surface area contributed by atoms with Gasteiger partial charge in [-0.1, -0.05) is 65.3 Å². The van der Waals surface area contributed by atoms with E-state index in [9.17, 15) is 14.9 Å². The van der Waals surface area contributed by atoms with E-state index in [1.807, 2.05) is 47.9 Å². The van der Waals surface area contributed by atoms with Crippen LogP contribution in [0.25, 0.3) is 17.1 Å². The number of carbonyl (C=O) groups is 1. The molecular formula is C24H19ClN6O3S. The number of hydrazone groups is 1.